The van der Waals surface area contributed by atoms with Crippen LogP contribution in [0.1, 0.15) is 25.3 Å². The first kappa shape index (κ1) is 17.9. The molecule has 138 valence electrons. The highest BCUT2D eigenvalue weighted by Crippen LogP contribution is 2.33. The molecule has 1 amide bonds. The van der Waals surface area contributed by atoms with Crippen LogP contribution in [0.25, 0.3) is 0 Å². The molecule has 1 aliphatic rings. The SMILES string of the molecule is CC(CCc1ccc2c(c1)OCO2)Nc1ccccc1OCCC(N)=O. The smallest absolute Gasteiger partial charge is 0.231 e. The van der Waals surface area contributed by atoms with Gasteiger partial charge in [-0.3, -0.25) is 4.79 Å². The summed E-state index contributed by atoms with van der Waals surface area (Å²) in [6.45, 7) is 2.70. The molecular formula is C20H24N2O4. The topological polar surface area (TPSA) is 82.8 Å². The summed E-state index contributed by atoms with van der Waals surface area (Å²) in [5, 5.41) is 3.47. The highest BCUT2D eigenvalue weighted by Gasteiger charge is 2.14. The van der Waals surface area contributed by atoms with Gasteiger partial charge in [-0.25, -0.2) is 0 Å². The predicted octanol–water partition coefficient (Wildman–Crippen LogP) is 3.10. The van der Waals surface area contributed by atoms with Gasteiger partial charge >= 0.3 is 0 Å². The molecule has 3 rings (SSSR count). The Kier molecular flexibility index (Phi) is 5.84. The number of carbonyl (C=O) groups is 1. The van der Waals surface area contributed by atoms with Crippen LogP contribution < -0.4 is 25.3 Å². The minimum Gasteiger partial charge on any atom is -0.491 e. The number of primary amides is 1. The van der Waals surface area contributed by atoms with E-state index in [0.29, 0.717) is 6.79 Å². The number of rotatable bonds is 9. The molecule has 0 radical (unpaired) electrons. The average Bonchev–Trinajstić information content (AvgIpc) is 3.09. The van der Waals surface area contributed by atoms with E-state index in [4.69, 9.17) is 19.9 Å². The van der Waals surface area contributed by atoms with E-state index in [1.807, 2.05) is 36.4 Å². The van der Waals surface area contributed by atoms with Gasteiger partial charge in [0.25, 0.3) is 0 Å². The molecule has 1 aliphatic heterocycles. The van der Waals surface area contributed by atoms with E-state index in [1.165, 1.54) is 5.56 Å². The number of nitrogens with one attached hydrogen (secondary N) is 1. The summed E-state index contributed by atoms with van der Waals surface area (Å²) >= 11 is 0. The second kappa shape index (κ2) is 8.47. The van der Waals surface area contributed by atoms with Crippen molar-refractivity contribution in [1.29, 1.82) is 0 Å². The summed E-state index contributed by atoms with van der Waals surface area (Å²) in [6, 6.07) is 14.0. The lowest BCUT2D eigenvalue weighted by atomic mass is 10.1. The number of amides is 1. The fourth-order valence-electron chi connectivity index (χ4n) is 2.79. The van der Waals surface area contributed by atoms with Gasteiger partial charge < -0.3 is 25.3 Å². The van der Waals surface area contributed by atoms with Crippen molar-refractivity contribution in [2.75, 3.05) is 18.7 Å². The zero-order valence-electron chi connectivity index (χ0n) is 14.9. The monoisotopic (exact) mass is 356 g/mol. The number of anilines is 1. The van der Waals surface area contributed by atoms with E-state index in [0.717, 1.165) is 35.8 Å². The maximum absolute atomic E-state index is 10.9. The Hall–Kier alpha value is -2.89. The van der Waals surface area contributed by atoms with Crippen LogP contribution in [-0.4, -0.2) is 25.3 Å². The summed E-state index contributed by atoms with van der Waals surface area (Å²) in [6.07, 6.45) is 2.08. The first-order chi connectivity index (χ1) is 12.6. The molecule has 1 heterocycles. The highest BCUT2D eigenvalue weighted by molar-refractivity contribution is 5.73. The van der Waals surface area contributed by atoms with Crippen LogP contribution in [0.2, 0.25) is 0 Å². The number of fused-ring (bicyclic) bond motifs is 1. The van der Waals surface area contributed by atoms with Crippen molar-refractivity contribution in [3.8, 4) is 17.2 Å². The van der Waals surface area contributed by atoms with Crippen LogP contribution in [0, 0.1) is 0 Å². The van der Waals surface area contributed by atoms with Gasteiger partial charge in [0.1, 0.15) is 5.75 Å². The van der Waals surface area contributed by atoms with Crippen LogP contribution in [0.5, 0.6) is 17.2 Å². The minimum atomic E-state index is -0.368. The van der Waals surface area contributed by atoms with Crippen LogP contribution in [0.15, 0.2) is 42.5 Å². The molecule has 0 fully saturated rings. The molecule has 2 aromatic carbocycles. The van der Waals surface area contributed by atoms with Crippen molar-refractivity contribution < 1.29 is 19.0 Å². The molecule has 26 heavy (non-hydrogen) atoms. The standard InChI is InChI=1S/C20H24N2O4/c1-14(6-7-15-8-9-18-19(12-15)26-13-25-18)22-16-4-2-3-5-17(16)24-11-10-20(21)23/h2-5,8-9,12,14,22H,6-7,10-11,13H2,1H3,(H2,21,23). The zero-order chi connectivity index (χ0) is 18.4. The maximum atomic E-state index is 10.9. The second-order valence-electron chi connectivity index (χ2n) is 6.33. The lowest BCUT2D eigenvalue weighted by molar-refractivity contribution is -0.118. The first-order valence-electron chi connectivity index (χ1n) is 8.77. The molecule has 3 N–H and O–H groups in total. The van der Waals surface area contributed by atoms with Crippen molar-refractivity contribution in [2.45, 2.75) is 32.2 Å². The van der Waals surface area contributed by atoms with Crippen LogP contribution >= 0.6 is 0 Å². The van der Waals surface area contributed by atoms with Crippen molar-refractivity contribution in [2.24, 2.45) is 5.73 Å². The van der Waals surface area contributed by atoms with E-state index < -0.39 is 0 Å². The number of aryl methyl sites for hydroxylation is 1. The number of hydrogen-bond donors (Lipinski definition) is 2. The quantitative estimate of drug-likeness (QED) is 0.721. The summed E-state index contributed by atoms with van der Waals surface area (Å²) in [4.78, 5) is 10.9. The number of nitrogens with two attached hydrogens (primary N) is 1. The minimum absolute atomic E-state index is 0.202. The van der Waals surface area contributed by atoms with Gasteiger partial charge in [-0.1, -0.05) is 18.2 Å². The Balaban J connectivity index is 1.53. The van der Waals surface area contributed by atoms with E-state index >= 15 is 0 Å². The summed E-state index contributed by atoms with van der Waals surface area (Å²) in [5.74, 6) is 1.98. The van der Waals surface area contributed by atoms with Gasteiger partial charge in [-0.05, 0) is 49.6 Å². The lowest BCUT2D eigenvalue weighted by Crippen LogP contribution is -2.18. The third-order valence-corrected chi connectivity index (χ3v) is 4.20. The Bertz CT molecular complexity index is 763. The fraction of sp³-hybridized carbons (Fsp3) is 0.350. The van der Waals surface area contributed by atoms with E-state index in [2.05, 4.69) is 18.3 Å². The molecule has 0 saturated carbocycles. The first-order valence-corrected chi connectivity index (χ1v) is 8.77. The molecule has 6 nitrogen and oxygen atoms in total. The molecule has 0 aromatic heterocycles. The van der Waals surface area contributed by atoms with E-state index in [1.54, 1.807) is 0 Å². The molecule has 0 aliphatic carbocycles. The molecular weight excluding hydrogens is 332 g/mol. The predicted molar refractivity (Wildman–Crippen MR) is 99.7 cm³/mol. The highest BCUT2D eigenvalue weighted by atomic mass is 16.7. The Morgan fingerprint density at radius 2 is 2.04 bits per heavy atom. The van der Waals surface area contributed by atoms with Gasteiger partial charge in [0.05, 0.1) is 18.7 Å². The van der Waals surface area contributed by atoms with Crippen LogP contribution in [-0.2, 0) is 11.2 Å². The fourth-order valence-corrected chi connectivity index (χ4v) is 2.79. The number of benzene rings is 2. The van der Waals surface area contributed by atoms with Crippen molar-refractivity contribution >= 4 is 11.6 Å². The Morgan fingerprint density at radius 3 is 2.88 bits per heavy atom. The van der Waals surface area contributed by atoms with Crippen LogP contribution in [0.3, 0.4) is 0 Å². The van der Waals surface area contributed by atoms with Gasteiger partial charge in [0.15, 0.2) is 11.5 Å². The van der Waals surface area contributed by atoms with E-state index in [9.17, 15) is 4.79 Å². The zero-order valence-corrected chi connectivity index (χ0v) is 14.9. The van der Waals surface area contributed by atoms with Crippen LogP contribution in [0.4, 0.5) is 5.69 Å². The summed E-state index contributed by atoms with van der Waals surface area (Å²) in [5.41, 5.74) is 7.28. The van der Waals surface area contributed by atoms with Gasteiger partial charge in [-0.2, -0.15) is 0 Å². The molecule has 6 heteroatoms. The summed E-state index contributed by atoms with van der Waals surface area (Å²) < 4.78 is 16.4. The van der Waals surface area contributed by atoms with E-state index in [-0.39, 0.29) is 25.0 Å². The molecule has 1 unspecified atom stereocenters. The number of para-hydroxylation sites is 2. The molecule has 1 atom stereocenters. The average molecular weight is 356 g/mol. The third kappa shape index (κ3) is 4.81. The van der Waals surface area contributed by atoms with Gasteiger partial charge in [0.2, 0.25) is 12.7 Å². The van der Waals surface area contributed by atoms with Gasteiger partial charge in [0, 0.05) is 6.04 Å². The largest absolute Gasteiger partial charge is 0.491 e. The maximum Gasteiger partial charge on any atom is 0.231 e. The normalized spacial score (nSPS) is 13.3. The third-order valence-electron chi connectivity index (χ3n) is 4.20. The van der Waals surface area contributed by atoms with Gasteiger partial charge in [-0.15, -0.1) is 0 Å². The number of ether oxygens (including phenoxy) is 3. The number of carbonyl (C=O) groups excluding carboxylic acids is 1. The number of hydrogen-bond acceptors (Lipinski definition) is 5. The van der Waals surface area contributed by atoms with Crippen molar-refractivity contribution in [1.82, 2.24) is 0 Å². The van der Waals surface area contributed by atoms with Crippen molar-refractivity contribution in [3.05, 3.63) is 48.0 Å². The molecule has 0 bridgehead atoms. The second-order valence-corrected chi connectivity index (χ2v) is 6.33. The lowest BCUT2D eigenvalue weighted by Gasteiger charge is -2.18. The Morgan fingerprint density at radius 1 is 1.23 bits per heavy atom. The van der Waals surface area contributed by atoms with Crippen molar-refractivity contribution in [3.63, 3.8) is 0 Å². The Labute approximate surface area is 153 Å². The molecule has 0 saturated heterocycles. The molecule has 2 aromatic rings. The molecule has 0 spiro atoms. The summed E-state index contributed by atoms with van der Waals surface area (Å²) in [7, 11) is 0.